The van der Waals surface area contributed by atoms with Crippen LogP contribution >= 0.6 is 0 Å². The van der Waals surface area contributed by atoms with Gasteiger partial charge >= 0.3 is 5.97 Å². The van der Waals surface area contributed by atoms with Gasteiger partial charge in [-0.25, -0.2) is 9.18 Å². The molecule has 0 aliphatic rings. The second-order valence-electron chi connectivity index (χ2n) is 6.05. The van der Waals surface area contributed by atoms with Crippen LogP contribution in [-0.4, -0.2) is 12.6 Å². The highest BCUT2D eigenvalue weighted by Gasteiger charge is 2.09. The van der Waals surface area contributed by atoms with E-state index in [0.717, 1.165) is 24.0 Å². The molecule has 0 saturated carbocycles. The number of unbranched alkanes of at least 4 members (excludes halogenated alkanes) is 5. The molecule has 4 heteroatoms. The minimum absolute atomic E-state index is 0.288. The molecule has 0 aliphatic heterocycles. The zero-order valence-electron chi connectivity index (χ0n) is 14.7. The molecular weight excluding hydrogens is 319 g/mol. The average molecular weight is 344 g/mol. The summed E-state index contributed by atoms with van der Waals surface area (Å²) < 4.78 is 13.3. The second-order valence-corrected chi connectivity index (χ2v) is 6.05. The first-order valence-corrected chi connectivity index (χ1v) is 8.90. The van der Waals surface area contributed by atoms with Crippen LogP contribution in [0.15, 0.2) is 48.5 Å². The fourth-order valence-electron chi connectivity index (χ4n) is 2.55. The van der Waals surface area contributed by atoms with Crippen molar-refractivity contribution in [3.05, 3.63) is 59.9 Å². The van der Waals surface area contributed by atoms with Crippen molar-refractivity contribution in [2.45, 2.75) is 45.4 Å². The summed E-state index contributed by atoms with van der Waals surface area (Å²) in [4.78, 5) is 21.7. The van der Waals surface area contributed by atoms with Crippen molar-refractivity contribution >= 4 is 5.97 Å². The van der Waals surface area contributed by atoms with Gasteiger partial charge in [0.05, 0.1) is 12.2 Å². The number of carbonyl (C=O) groups excluding carboxylic acids is 1. The van der Waals surface area contributed by atoms with E-state index >= 15 is 0 Å². The topological polar surface area (TPSA) is 35.5 Å². The number of halogens is 1. The number of hydrogen-bond donors (Lipinski definition) is 0. The van der Waals surface area contributed by atoms with Crippen molar-refractivity contribution < 1.29 is 19.0 Å². The fourth-order valence-corrected chi connectivity index (χ4v) is 2.55. The Balaban J connectivity index is 1.73. The Bertz CT molecular complexity index is 652. The van der Waals surface area contributed by atoms with Gasteiger partial charge in [0, 0.05) is 0 Å². The van der Waals surface area contributed by atoms with Crippen LogP contribution in [0.25, 0.3) is 11.1 Å². The zero-order chi connectivity index (χ0) is 17.9. The highest BCUT2D eigenvalue weighted by atomic mass is 19.1. The van der Waals surface area contributed by atoms with E-state index in [2.05, 4.69) is 6.92 Å². The van der Waals surface area contributed by atoms with Crippen LogP contribution in [0.1, 0.15) is 55.8 Å². The van der Waals surface area contributed by atoms with E-state index in [1.54, 1.807) is 30.3 Å². The van der Waals surface area contributed by atoms with Gasteiger partial charge in [0.2, 0.25) is 0 Å². The van der Waals surface area contributed by atoms with Crippen molar-refractivity contribution in [1.29, 1.82) is 0 Å². The summed E-state index contributed by atoms with van der Waals surface area (Å²) in [6.45, 7) is 2.60. The summed E-state index contributed by atoms with van der Waals surface area (Å²) in [6.07, 6.45) is 6.89. The molecule has 0 N–H and O–H groups in total. The Kier molecular flexibility index (Phi) is 8.13. The fraction of sp³-hybridized carbons (Fsp3) is 0.381. The van der Waals surface area contributed by atoms with Crippen molar-refractivity contribution in [3.8, 4) is 11.1 Å². The molecule has 0 spiro atoms. The van der Waals surface area contributed by atoms with E-state index < -0.39 is 5.97 Å². The molecule has 0 atom stereocenters. The minimum Gasteiger partial charge on any atom is -0.293 e. The van der Waals surface area contributed by atoms with Gasteiger partial charge in [0.1, 0.15) is 5.82 Å². The molecule has 0 unspecified atom stereocenters. The number of carbonyl (C=O) groups is 1. The molecule has 3 nitrogen and oxygen atoms in total. The molecule has 2 aromatic carbocycles. The van der Waals surface area contributed by atoms with Gasteiger partial charge in [-0.3, -0.25) is 4.89 Å². The van der Waals surface area contributed by atoms with Crippen LogP contribution in [0.2, 0.25) is 0 Å². The highest BCUT2D eigenvalue weighted by molar-refractivity contribution is 5.89. The van der Waals surface area contributed by atoms with E-state index in [-0.39, 0.29) is 5.82 Å². The monoisotopic (exact) mass is 344 g/mol. The largest absolute Gasteiger partial charge is 0.373 e. The van der Waals surface area contributed by atoms with Crippen molar-refractivity contribution in [2.75, 3.05) is 6.61 Å². The third kappa shape index (κ3) is 6.67. The van der Waals surface area contributed by atoms with Gasteiger partial charge in [0.25, 0.3) is 0 Å². The summed E-state index contributed by atoms with van der Waals surface area (Å²) in [7, 11) is 0. The molecule has 134 valence electrons. The lowest BCUT2D eigenvalue weighted by molar-refractivity contribution is -0.241. The van der Waals surface area contributed by atoms with Crippen LogP contribution in [0.3, 0.4) is 0 Å². The normalized spacial score (nSPS) is 10.6. The Morgan fingerprint density at radius 3 is 2.36 bits per heavy atom. The average Bonchev–Trinajstić information content (AvgIpc) is 2.64. The first-order chi connectivity index (χ1) is 12.2. The summed E-state index contributed by atoms with van der Waals surface area (Å²) in [5.74, 6) is -0.805. The smallest absolute Gasteiger partial charge is 0.293 e. The third-order valence-corrected chi connectivity index (χ3v) is 3.99. The number of hydrogen-bond acceptors (Lipinski definition) is 3. The summed E-state index contributed by atoms with van der Waals surface area (Å²) >= 11 is 0. The molecule has 0 bridgehead atoms. The molecule has 25 heavy (non-hydrogen) atoms. The predicted molar refractivity (Wildman–Crippen MR) is 96.6 cm³/mol. The molecule has 0 aromatic heterocycles. The SMILES string of the molecule is CCCCCCCCOOC(=O)c1ccc(-c2cccc(F)c2)cc1. The van der Waals surface area contributed by atoms with Gasteiger partial charge in [-0.15, -0.1) is 0 Å². The molecule has 0 heterocycles. The maximum absolute atomic E-state index is 13.3. The van der Waals surface area contributed by atoms with Crippen LogP contribution in [-0.2, 0) is 9.78 Å². The van der Waals surface area contributed by atoms with E-state index in [1.807, 2.05) is 6.07 Å². The van der Waals surface area contributed by atoms with Crippen LogP contribution in [0.5, 0.6) is 0 Å². The lowest BCUT2D eigenvalue weighted by Crippen LogP contribution is -2.07. The quantitative estimate of drug-likeness (QED) is 0.304. The third-order valence-electron chi connectivity index (χ3n) is 3.99. The van der Waals surface area contributed by atoms with Gasteiger partial charge < -0.3 is 0 Å². The summed E-state index contributed by atoms with van der Waals surface area (Å²) in [5, 5.41) is 0. The molecule has 2 aromatic rings. The van der Waals surface area contributed by atoms with Gasteiger partial charge in [-0.05, 0) is 41.8 Å². The first kappa shape index (κ1) is 19.1. The van der Waals surface area contributed by atoms with Gasteiger partial charge in [0.15, 0.2) is 0 Å². The Morgan fingerprint density at radius 1 is 0.920 bits per heavy atom. The summed E-state index contributed by atoms with van der Waals surface area (Å²) in [5.41, 5.74) is 2.01. The van der Waals surface area contributed by atoms with Crippen LogP contribution < -0.4 is 0 Å². The molecule has 0 saturated heterocycles. The van der Waals surface area contributed by atoms with E-state index in [9.17, 15) is 9.18 Å². The molecule has 0 fully saturated rings. The molecular formula is C21H25FO3. The maximum atomic E-state index is 13.3. The molecule has 2 rings (SSSR count). The lowest BCUT2D eigenvalue weighted by atomic mass is 10.0. The Morgan fingerprint density at radius 2 is 1.64 bits per heavy atom. The number of rotatable bonds is 10. The van der Waals surface area contributed by atoms with E-state index in [4.69, 9.17) is 9.78 Å². The van der Waals surface area contributed by atoms with Crippen LogP contribution in [0.4, 0.5) is 4.39 Å². The van der Waals surface area contributed by atoms with E-state index in [1.165, 1.54) is 37.8 Å². The van der Waals surface area contributed by atoms with Crippen molar-refractivity contribution in [3.63, 3.8) is 0 Å². The van der Waals surface area contributed by atoms with Crippen molar-refractivity contribution in [1.82, 2.24) is 0 Å². The zero-order valence-corrected chi connectivity index (χ0v) is 14.7. The van der Waals surface area contributed by atoms with Crippen LogP contribution in [0, 0.1) is 5.82 Å². The lowest BCUT2D eigenvalue weighted by Gasteiger charge is -2.05. The highest BCUT2D eigenvalue weighted by Crippen LogP contribution is 2.20. The van der Waals surface area contributed by atoms with Gasteiger partial charge in [-0.2, -0.15) is 4.89 Å². The molecule has 0 amide bonds. The molecule has 0 aliphatic carbocycles. The van der Waals surface area contributed by atoms with E-state index in [0.29, 0.717) is 12.2 Å². The summed E-state index contributed by atoms with van der Waals surface area (Å²) in [6, 6.07) is 13.2. The first-order valence-electron chi connectivity index (χ1n) is 8.90. The second kappa shape index (κ2) is 10.6. The predicted octanol–water partition coefficient (Wildman–Crippen LogP) is 5.94. The Labute approximate surface area is 148 Å². The van der Waals surface area contributed by atoms with Gasteiger partial charge in [-0.1, -0.05) is 63.3 Å². The standard InChI is InChI=1S/C21H25FO3/c1-2-3-4-5-6-7-15-24-25-21(23)18-13-11-17(12-14-18)19-9-8-10-20(22)16-19/h8-14,16H,2-7,15H2,1H3. The number of benzene rings is 2. The Hall–Kier alpha value is -2.20. The van der Waals surface area contributed by atoms with Crippen molar-refractivity contribution in [2.24, 2.45) is 0 Å². The maximum Gasteiger partial charge on any atom is 0.373 e. The minimum atomic E-state index is -0.517. The molecule has 0 radical (unpaired) electrons.